The highest BCUT2D eigenvalue weighted by molar-refractivity contribution is 7.89. The van der Waals surface area contributed by atoms with Gasteiger partial charge in [0.1, 0.15) is 0 Å². The molecule has 0 radical (unpaired) electrons. The molecule has 1 amide bonds. The molecule has 1 heterocycles. The van der Waals surface area contributed by atoms with Crippen LogP contribution in [0.5, 0.6) is 0 Å². The highest BCUT2D eigenvalue weighted by atomic mass is 32.2. The summed E-state index contributed by atoms with van der Waals surface area (Å²) in [5.41, 5.74) is 4.22. The third-order valence-electron chi connectivity index (χ3n) is 6.71. The van der Waals surface area contributed by atoms with Crippen LogP contribution in [-0.2, 0) is 39.6 Å². The Morgan fingerprint density at radius 3 is 2.43 bits per heavy atom. The molecule has 0 bridgehead atoms. The smallest absolute Gasteiger partial charge is 0.231 e. The topological polar surface area (TPSA) is 66.5 Å². The maximum absolute atomic E-state index is 13.5. The van der Waals surface area contributed by atoms with Crippen LogP contribution in [-0.4, -0.2) is 37.5 Å². The molecular formula is C24H30N2O3S. The van der Waals surface area contributed by atoms with Gasteiger partial charge in [-0.3, -0.25) is 4.79 Å². The number of hydrogen-bond acceptors (Lipinski definition) is 3. The quantitative estimate of drug-likeness (QED) is 0.772. The van der Waals surface area contributed by atoms with E-state index in [1.807, 2.05) is 30.3 Å². The van der Waals surface area contributed by atoms with Crippen LogP contribution in [0.15, 0.2) is 48.5 Å². The molecule has 0 unspecified atom stereocenters. The van der Waals surface area contributed by atoms with E-state index in [9.17, 15) is 13.2 Å². The van der Waals surface area contributed by atoms with E-state index in [1.54, 1.807) is 6.92 Å². The number of aryl methyl sites for hydroxylation is 2. The van der Waals surface area contributed by atoms with Crippen LogP contribution < -0.4 is 5.32 Å². The lowest BCUT2D eigenvalue weighted by Gasteiger charge is -2.40. The molecule has 2 aromatic rings. The third-order valence-corrected chi connectivity index (χ3v) is 8.59. The molecule has 1 aliphatic heterocycles. The minimum atomic E-state index is -3.24. The maximum Gasteiger partial charge on any atom is 0.231 e. The predicted octanol–water partition coefficient (Wildman–Crippen LogP) is 3.18. The van der Waals surface area contributed by atoms with Gasteiger partial charge in [-0.15, -0.1) is 0 Å². The Balaban J connectivity index is 1.52. The fourth-order valence-corrected chi connectivity index (χ4v) is 5.92. The molecule has 5 nitrogen and oxygen atoms in total. The number of carbonyl (C=O) groups excluding carboxylic acids is 1. The Bertz CT molecular complexity index is 1010. The van der Waals surface area contributed by atoms with Gasteiger partial charge in [0.2, 0.25) is 15.9 Å². The Labute approximate surface area is 179 Å². The van der Waals surface area contributed by atoms with Gasteiger partial charge in [0.15, 0.2) is 0 Å². The van der Waals surface area contributed by atoms with Crippen LogP contribution in [0.2, 0.25) is 0 Å². The van der Waals surface area contributed by atoms with E-state index in [1.165, 1.54) is 21.9 Å². The number of nitrogens with zero attached hydrogens (tertiary/aromatic N) is 1. The van der Waals surface area contributed by atoms with Crippen molar-refractivity contribution in [2.24, 2.45) is 0 Å². The lowest BCUT2D eigenvalue weighted by molar-refractivity contribution is -0.128. The molecule has 6 heteroatoms. The third kappa shape index (κ3) is 4.03. The highest BCUT2D eigenvalue weighted by Crippen LogP contribution is 2.37. The first kappa shape index (κ1) is 21.1. The second-order valence-electron chi connectivity index (χ2n) is 8.39. The molecule has 160 valence electrons. The first-order valence-corrected chi connectivity index (χ1v) is 12.5. The van der Waals surface area contributed by atoms with E-state index in [0.717, 1.165) is 24.0 Å². The zero-order chi connectivity index (χ0) is 21.2. The Morgan fingerprint density at radius 2 is 1.73 bits per heavy atom. The summed E-state index contributed by atoms with van der Waals surface area (Å²) in [4.78, 5) is 13.5. The van der Waals surface area contributed by atoms with Crippen LogP contribution in [0.3, 0.4) is 0 Å². The number of rotatable bonds is 6. The van der Waals surface area contributed by atoms with E-state index < -0.39 is 15.4 Å². The van der Waals surface area contributed by atoms with Crippen molar-refractivity contribution >= 4 is 15.9 Å². The van der Waals surface area contributed by atoms with Gasteiger partial charge < -0.3 is 5.32 Å². The van der Waals surface area contributed by atoms with Crippen molar-refractivity contribution in [3.63, 3.8) is 0 Å². The van der Waals surface area contributed by atoms with Crippen molar-refractivity contribution in [2.75, 3.05) is 18.8 Å². The van der Waals surface area contributed by atoms with Gasteiger partial charge in [-0.2, -0.15) is 0 Å². The van der Waals surface area contributed by atoms with Crippen LogP contribution in [0, 0.1) is 0 Å². The first-order valence-electron chi connectivity index (χ1n) is 10.9. The fraction of sp³-hybridized carbons (Fsp3) is 0.458. The molecule has 0 aromatic heterocycles. The van der Waals surface area contributed by atoms with Crippen molar-refractivity contribution in [1.82, 2.24) is 9.62 Å². The average molecular weight is 427 g/mol. The average Bonchev–Trinajstić information content (AvgIpc) is 3.26. The number of fused-ring (bicyclic) bond motifs is 1. The molecule has 4 rings (SSSR count). The molecule has 0 atom stereocenters. The van der Waals surface area contributed by atoms with Gasteiger partial charge in [0.05, 0.1) is 11.2 Å². The minimum Gasteiger partial charge on any atom is -0.351 e. The van der Waals surface area contributed by atoms with E-state index >= 15 is 0 Å². The molecule has 1 aliphatic carbocycles. The fourth-order valence-electron chi connectivity index (χ4n) is 4.82. The summed E-state index contributed by atoms with van der Waals surface area (Å²) in [5.74, 6) is 0.0818. The number of nitrogens with one attached hydrogen (secondary N) is 1. The summed E-state index contributed by atoms with van der Waals surface area (Å²) in [6.07, 6.45) is 4.46. The Hall–Kier alpha value is -2.18. The van der Waals surface area contributed by atoms with Crippen LogP contribution in [0.25, 0.3) is 0 Å². The normalized spacial score (nSPS) is 18.7. The summed E-state index contributed by atoms with van der Waals surface area (Å²) < 4.78 is 26.1. The Morgan fingerprint density at radius 1 is 1.03 bits per heavy atom. The molecule has 1 fully saturated rings. The largest absolute Gasteiger partial charge is 0.351 e. The molecular weight excluding hydrogens is 396 g/mol. The van der Waals surface area contributed by atoms with Gasteiger partial charge >= 0.3 is 0 Å². The Kier molecular flexibility index (Phi) is 5.98. The van der Waals surface area contributed by atoms with Gasteiger partial charge in [-0.1, -0.05) is 48.5 Å². The van der Waals surface area contributed by atoms with E-state index in [4.69, 9.17) is 0 Å². The number of piperidine rings is 1. The van der Waals surface area contributed by atoms with Crippen LogP contribution in [0.1, 0.15) is 48.4 Å². The number of carbonyl (C=O) groups is 1. The zero-order valence-electron chi connectivity index (χ0n) is 17.6. The highest BCUT2D eigenvalue weighted by Gasteiger charge is 2.44. The SMILES string of the molecule is CCS(=O)(=O)N1CCC(C(=O)NCc2ccc3c(c2)CCC3)(c2ccccc2)CC1. The molecule has 0 saturated carbocycles. The van der Waals surface area contributed by atoms with Crippen LogP contribution >= 0.6 is 0 Å². The lowest BCUT2D eigenvalue weighted by atomic mass is 9.72. The van der Waals surface area contributed by atoms with Gasteiger partial charge in [-0.25, -0.2) is 12.7 Å². The van der Waals surface area contributed by atoms with Crippen molar-refractivity contribution < 1.29 is 13.2 Å². The molecule has 2 aliphatic rings. The van der Waals surface area contributed by atoms with Gasteiger partial charge in [0, 0.05) is 19.6 Å². The molecule has 0 spiro atoms. The number of amides is 1. The molecule has 1 N–H and O–H groups in total. The number of hydrogen-bond donors (Lipinski definition) is 1. The monoisotopic (exact) mass is 426 g/mol. The van der Waals surface area contributed by atoms with E-state index in [-0.39, 0.29) is 11.7 Å². The molecule has 1 saturated heterocycles. The van der Waals surface area contributed by atoms with Crippen molar-refractivity contribution in [3.8, 4) is 0 Å². The standard InChI is InChI=1S/C24H30N2O3S/c1-2-30(28,29)26-15-13-24(14-16-26,22-9-4-3-5-10-22)23(27)25-18-19-11-12-20-7-6-8-21(20)17-19/h3-5,9-12,17H,2,6-8,13-16,18H2,1H3,(H,25,27). The van der Waals surface area contributed by atoms with E-state index in [2.05, 4.69) is 23.5 Å². The van der Waals surface area contributed by atoms with Crippen LogP contribution in [0.4, 0.5) is 0 Å². The summed E-state index contributed by atoms with van der Waals surface area (Å²) in [6.45, 7) is 2.91. The number of benzene rings is 2. The summed E-state index contributed by atoms with van der Waals surface area (Å²) >= 11 is 0. The summed E-state index contributed by atoms with van der Waals surface area (Å²) in [5, 5.41) is 3.16. The van der Waals surface area contributed by atoms with Crippen molar-refractivity contribution in [2.45, 2.75) is 51.0 Å². The summed E-state index contributed by atoms with van der Waals surface area (Å²) in [7, 11) is -3.24. The first-order chi connectivity index (χ1) is 14.4. The molecule has 30 heavy (non-hydrogen) atoms. The van der Waals surface area contributed by atoms with Gasteiger partial charge in [0.25, 0.3) is 0 Å². The number of sulfonamides is 1. The second kappa shape index (κ2) is 8.52. The predicted molar refractivity (Wildman–Crippen MR) is 119 cm³/mol. The second-order valence-corrected chi connectivity index (χ2v) is 10.6. The van der Waals surface area contributed by atoms with Crippen molar-refractivity contribution in [3.05, 3.63) is 70.8 Å². The van der Waals surface area contributed by atoms with Gasteiger partial charge in [-0.05, 0) is 61.3 Å². The molecule has 2 aromatic carbocycles. The summed E-state index contributed by atoms with van der Waals surface area (Å²) in [6, 6.07) is 16.3. The maximum atomic E-state index is 13.5. The van der Waals surface area contributed by atoms with Crippen molar-refractivity contribution in [1.29, 1.82) is 0 Å². The minimum absolute atomic E-state index is 0.0113. The lowest BCUT2D eigenvalue weighted by Crippen LogP contribution is -2.52. The zero-order valence-corrected chi connectivity index (χ0v) is 18.4. The van der Waals surface area contributed by atoms with E-state index in [0.29, 0.717) is 32.5 Å².